The van der Waals surface area contributed by atoms with E-state index in [0.717, 1.165) is 50.2 Å². The first kappa shape index (κ1) is 22.6. The Morgan fingerprint density at radius 3 is 2.47 bits per heavy atom. The predicted molar refractivity (Wildman–Crippen MR) is 127 cm³/mol. The number of carbonyl (C=O) groups excluding carboxylic acids is 1. The molecule has 0 radical (unpaired) electrons. The summed E-state index contributed by atoms with van der Waals surface area (Å²) < 4.78 is 2.29. The van der Waals surface area contributed by atoms with E-state index in [-0.39, 0.29) is 23.1 Å². The zero-order valence-electron chi connectivity index (χ0n) is 18.0. The van der Waals surface area contributed by atoms with Crippen molar-refractivity contribution < 1.29 is 4.79 Å². The predicted octanol–water partition coefficient (Wildman–Crippen LogP) is 4.04. The quantitative estimate of drug-likeness (QED) is 0.487. The second-order valence-corrected chi connectivity index (χ2v) is 9.67. The number of nitriles is 1. The van der Waals surface area contributed by atoms with Gasteiger partial charge in [-0.15, -0.1) is 0 Å². The molecule has 8 heteroatoms. The number of unbranched alkanes of at least 4 members (excludes halogenated alkanes) is 1. The molecule has 0 bridgehead atoms. The lowest BCUT2D eigenvalue weighted by Crippen LogP contribution is -2.34. The van der Waals surface area contributed by atoms with E-state index >= 15 is 0 Å². The molecule has 3 heterocycles. The zero-order valence-corrected chi connectivity index (χ0v) is 19.7. The summed E-state index contributed by atoms with van der Waals surface area (Å²) >= 11 is 6.71. The van der Waals surface area contributed by atoms with Gasteiger partial charge in [0.1, 0.15) is 21.8 Å². The normalized spacial score (nSPS) is 18.2. The summed E-state index contributed by atoms with van der Waals surface area (Å²) in [6, 6.07) is 2.08. The van der Waals surface area contributed by atoms with Gasteiger partial charge >= 0.3 is 0 Å². The molecule has 2 saturated heterocycles. The Morgan fingerprint density at radius 1 is 1.27 bits per heavy atom. The van der Waals surface area contributed by atoms with Crippen LogP contribution in [0, 0.1) is 18.3 Å². The summed E-state index contributed by atoms with van der Waals surface area (Å²) in [6.07, 6.45) is 5.77. The second kappa shape index (κ2) is 9.36. The summed E-state index contributed by atoms with van der Waals surface area (Å²) in [5, 5.41) is 9.70. The lowest BCUT2D eigenvalue weighted by atomic mass is 10.0. The van der Waals surface area contributed by atoms with E-state index in [1.165, 1.54) is 11.8 Å². The molecule has 1 amide bonds. The Bertz CT molecular complexity index is 998. The summed E-state index contributed by atoms with van der Waals surface area (Å²) in [5.41, 5.74) is 1.33. The minimum absolute atomic E-state index is 0.0178. The maximum atomic E-state index is 13.1. The van der Waals surface area contributed by atoms with Crippen LogP contribution in [0.15, 0.2) is 9.70 Å². The van der Waals surface area contributed by atoms with Crippen molar-refractivity contribution in [2.75, 3.05) is 18.0 Å². The molecule has 2 aliphatic heterocycles. The van der Waals surface area contributed by atoms with E-state index in [2.05, 4.69) is 17.9 Å². The van der Waals surface area contributed by atoms with Gasteiger partial charge in [0.05, 0.1) is 4.91 Å². The van der Waals surface area contributed by atoms with Gasteiger partial charge in [0.2, 0.25) is 0 Å². The van der Waals surface area contributed by atoms with Gasteiger partial charge in [-0.3, -0.25) is 19.1 Å². The minimum atomic E-state index is -0.239. The van der Waals surface area contributed by atoms with Crippen LogP contribution < -0.4 is 10.5 Å². The third-order valence-electron chi connectivity index (χ3n) is 5.60. The topological polar surface area (TPSA) is 69.3 Å². The van der Waals surface area contributed by atoms with Gasteiger partial charge in [-0.2, -0.15) is 5.26 Å². The van der Waals surface area contributed by atoms with Crippen LogP contribution in [0.3, 0.4) is 0 Å². The van der Waals surface area contributed by atoms with Crippen LogP contribution in [0.2, 0.25) is 0 Å². The molecule has 3 rings (SSSR count). The largest absolute Gasteiger partial charge is 0.357 e. The van der Waals surface area contributed by atoms with Gasteiger partial charge in [-0.25, -0.2) is 0 Å². The average molecular weight is 445 g/mol. The molecule has 1 aromatic heterocycles. The number of pyridine rings is 1. The molecule has 0 aliphatic carbocycles. The van der Waals surface area contributed by atoms with E-state index < -0.39 is 0 Å². The highest BCUT2D eigenvalue weighted by Crippen LogP contribution is 2.37. The average Bonchev–Trinajstić information content (AvgIpc) is 3.31. The first-order valence-electron chi connectivity index (χ1n) is 10.5. The number of nitrogens with zero attached hydrogens (tertiary/aromatic N) is 4. The van der Waals surface area contributed by atoms with Gasteiger partial charge in [0, 0.05) is 31.2 Å². The number of hydrogen-bond acceptors (Lipinski definition) is 6. The molecular formula is C22H28N4O2S2. The first-order valence-corrected chi connectivity index (χ1v) is 11.7. The second-order valence-electron chi connectivity index (χ2n) is 8.00. The Labute approximate surface area is 187 Å². The van der Waals surface area contributed by atoms with Crippen LogP contribution in [-0.4, -0.2) is 38.8 Å². The molecule has 0 saturated carbocycles. The van der Waals surface area contributed by atoms with Crippen molar-refractivity contribution in [1.29, 1.82) is 5.26 Å². The van der Waals surface area contributed by atoms with Gasteiger partial charge < -0.3 is 4.90 Å². The van der Waals surface area contributed by atoms with Crippen LogP contribution in [0.1, 0.15) is 63.1 Å². The number of thioether (sulfide) groups is 1. The van der Waals surface area contributed by atoms with Crippen LogP contribution in [0.4, 0.5) is 5.82 Å². The smallest absolute Gasteiger partial charge is 0.270 e. The van der Waals surface area contributed by atoms with Crippen molar-refractivity contribution in [3.63, 3.8) is 0 Å². The standard InChI is InChI=1S/C22H28N4O2S2/c1-5-6-11-25-19(24-9-7-8-10-24)16(15(4)17(13-23)20(25)27)12-18-21(28)26(14(2)3)22(29)30-18/h12,14H,5-11H2,1-4H3. The van der Waals surface area contributed by atoms with Crippen molar-refractivity contribution in [3.8, 4) is 6.07 Å². The molecule has 2 fully saturated rings. The van der Waals surface area contributed by atoms with Crippen molar-refractivity contribution in [3.05, 3.63) is 31.9 Å². The Hall–Kier alpha value is -2.11. The van der Waals surface area contributed by atoms with Crippen molar-refractivity contribution in [2.45, 2.75) is 66.0 Å². The zero-order chi connectivity index (χ0) is 22.0. The summed E-state index contributed by atoms with van der Waals surface area (Å²) in [7, 11) is 0. The molecule has 0 N–H and O–H groups in total. The van der Waals surface area contributed by atoms with E-state index in [1.807, 2.05) is 19.9 Å². The maximum Gasteiger partial charge on any atom is 0.270 e. The number of carbonyl (C=O) groups is 1. The Morgan fingerprint density at radius 2 is 1.93 bits per heavy atom. The molecule has 6 nitrogen and oxygen atoms in total. The molecule has 0 atom stereocenters. The highest BCUT2D eigenvalue weighted by Gasteiger charge is 2.35. The van der Waals surface area contributed by atoms with E-state index in [0.29, 0.717) is 21.3 Å². The van der Waals surface area contributed by atoms with E-state index in [1.54, 1.807) is 16.4 Å². The van der Waals surface area contributed by atoms with Gasteiger partial charge in [0.25, 0.3) is 11.5 Å². The molecule has 0 aromatic carbocycles. The lowest BCUT2D eigenvalue weighted by Gasteiger charge is -2.27. The molecule has 30 heavy (non-hydrogen) atoms. The summed E-state index contributed by atoms with van der Waals surface area (Å²) in [4.78, 5) is 30.5. The Balaban J connectivity index is 2.25. The van der Waals surface area contributed by atoms with Gasteiger partial charge in [0.15, 0.2) is 0 Å². The van der Waals surface area contributed by atoms with Crippen LogP contribution in [-0.2, 0) is 11.3 Å². The van der Waals surface area contributed by atoms with Crippen LogP contribution >= 0.6 is 24.0 Å². The maximum absolute atomic E-state index is 13.1. The monoisotopic (exact) mass is 444 g/mol. The fourth-order valence-corrected chi connectivity index (χ4v) is 5.50. The number of aromatic nitrogens is 1. The molecule has 0 spiro atoms. The molecule has 0 unspecified atom stereocenters. The van der Waals surface area contributed by atoms with Gasteiger partial charge in [-0.1, -0.05) is 37.3 Å². The summed E-state index contributed by atoms with van der Waals surface area (Å²) in [6.45, 7) is 10.1. The fraction of sp³-hybridized carbons (Fsp3) is 0.545. The number of rotatable bonds is 6. The molecule has 160 valence electrons. The highest BCUT2D eigenvalue weighted by molar-refractivity contribution is 8.26. The van der Waals surface area contributed by atoms with Crippen molar-refractivity contribution >= 4 is 46.1 Å². The van der Waals surface area contributed by atoms with E-state index in [9.17, 15) is 14.9 Å². The third kappa shape index (κ3) is 4.06. The molecule has 2 aliphatic rings. The van der Waals surface area contributed by atoms with E-state index in [4.69, 9.17) is 12.2 Å². The van der Waals surface area contributed by atoms with Crippen LogP contribution in [0.25, 0.3) is 6.08 Å². The first-order chi connectivity index (χ1) is 14.3. The van der Waals surface area contributed by atoms with Crippen molar-refractivity contribution in [2.24, 2.45) is 0 Å². The van der Waals surface area contributed by atoms with Gasteiger partial charge in [-0.05, 0) is 51.7 Å². The lowest BCUT2D eigenvalue weighted by molar-refractivity contribution is -0.123. The fourth-order valence-electron chi connectivity index (χ4n) is 3.99. The third-order valence-corrected chi connectivity index (χ3v) is 6.93. The van der Waals surface area contributed by atoms with Crippen molar-refractivity contribution in [1.82, 2.24) is 9.47 Å². The number of anilines is 1. The number of thiocarbonyl (C=S) groups is 1. The SMILES string of the molecule is CCCCn1c(N2CCCC2)c(C=C2SC(=S)N(C(C)C)C2=O)c(C)c(C#N)c1=O. The molecule has 1 aromatic rings. The minimum Gasteiger partial charge on any atom is -0.357 e. The Kier molecular flexibility index (Phi) is 7.04. The summed E-state index contributed by atoms with van der Waals surface area (Å²) in [5.74, 6) is 0.717. The number of hydrogen-bond donors (Lipinski definition) is 0. The van der Waals surface area contributed by atoms with Crippen LogP contribution in [0.5, 0.6) is 0 Å². The highest BCUT2D eigenvalue weighted by atomic mass is 32.2. The molecular weight excluding hydrogens is 416 g/mol. The number of amides is 1.